The highest BCUT2D eigenvalue weighted by atomic mass is 16.5. The van der Waals surface area contributed by atoms with Gasteiger partial charge in [0.2, 0.25) is 12.3 Å². The Balaban J connectivity index is 0.00000102. The summed E-state index contributed by atoms with van der Waals surface area (Å²) in [5.41, 5.74) is 2.94. The Morgan fingerprint density at radius 1 is 1.07 bits per heavy atom. The standard InChI is InChI=1S/C19H18N4O2.C2H6/c1-13(2)25-15-7-5-6-14(10-15)19-16-8-3-4-9-17(16)23(22-19)11-18-21-20-12-24-18;1-2/h3-10,12-13H,11H2,1-2H3;1-2H3. The summed E-state index contributed by atoms with van der Waals surface area (Å²) in [6, 6.07) is 16.1. The summed E-state index contributed by atoms with van der Waals surface area (Å²) in [5.74, 6) is 1.36. The van der Waals surface area contributed by atoms with Crippen LogP contribution in [0.25, 0.3) is 22.2 Å². The van der Waals surface area contributed by atoms with Gasteiger partial charge in [0.25, 0.3) is 0 Å². The molecule has 0 unspecified atom stereocenters. The summed E-state index contributed by atoms with van der Waals surface area (Å²) >= 11 is 0. The molecule has 2 aromatic heterocycles. The molecule has 4 aromatic rings. The molecule has 0 spiro atoms. The van der Waals surface area contributed by atoms with Gasteiger partial charge in [0, 0.05) is 10.9 Å². The van der Waals surface area contributed by atoms with Crippen LogP contribution in [0.5, 0.6) is 5.75 Å². The lowest BCUT2D eigenvalue weighted by Gasteiger charge is -2.10. The summed E-state index contributed by atoms with van der Waals surface area (Å²) in [6.45, 7) is 8.46. The van der Waals surface area contributed by atoms with Crippen molar-refractivity contribution in [2.75, 3.05) is 0 Å². The first-order valence-electron chi connectivity index (χ1n) is 9.18. The van der Waals surface area contributed by atoms with E-state index >= 15 is 0 Å². The Hall–Kier alpha value is -3.15. The number of para-hydroxylation sites is 1. The average Bonchev–Trinajstić information content (AvgIpc) is 3.32. The molecule has 0 aliphatic rings. The first-order valence-corrected chi connectivity index (χ1v) is 9.18. The van der Waals surface area contributed by atoms with Gasteiger partial charge in [-0.15, -0.1) is 10.2 Å². The van der Waals surface area contributed by atoms with Crippen molar-refractivity contribution in [3.63, 3.8) is 0 Å². The number of ether oxygens (including phenoxy) is 1. The van der Waals surface area contributed by atoms with Crippen LogP contribution in [-0.2, 0) is 6.54 Å². The number of benzene rings is 2. The van der Waals surface area contributed by atoms with E-state index in [0.717, 1.165) is 27.9 Å². The van der Waals surface area contributed by atoms with E-state index in [4.69, 9.17) is 14.3 Å². The molecule has 0 aliphatic carbocycles. The van der Waals surface area contributed by atoms with Gasteiger partial charge in [-0.05, 0) is 32.0 Å². The molecule has 0 saturated heterocycles. The fraction of sp³-hybridized carbons (Fsp3) is 0.286. The van der Waals surface area contributed by atoms with E-state index in [1.54, 1.807) is 0 Å². The molecule has 2 aromatic carbocycles. The Kier molecular flexibility index (Phi) is 5.86. The van der Waals surface area contributed by atoms with Crippen LogP contribution in [0.2, 0.25) is 0 Å². The fourth-order valence-electron chi connectivity index (χ4n) is 2.84. The maximum atomic E-state index is 5.81. The third-order valence-electron chi connectivity index (χ3n) is 3.83. The predicted octanol–water partition coefficient (Wildman–Crippen LogP) is 4.95. The van der Waals surface area contributed by atoms with E-state index in [-0.39, 0.29) is 6.10 Å². The number of hydrogen-bond acceptors (Lipinski definition) is 5. The van der Waals surface area contributed by atoms with Crippen LogP contribution in [0.4, 0.5) is 0 Å². The Morgan fingerprint density at radius 2 is 1.89 bits per heavy atom. The number of fused-ring (bicyclic) bond motifs is 1. The molecule has 0 bridgehead atoms. The first kappa shape index (κ1) is 18.6. The van der Waals surface area contributed by atoms with Gasteiger partial charge in [-0.1, -0.05) is 44.2 Å². The van der Waals surface area contributed by atoms with Crippen LogP contribution in [0.1, 0.15) is 33.6 Å². The van der Waals surface area contributed by atoms with Gasteiger partial charge >= 0.3 is 0 Å². The van der Waals surface area contributed by atoms with Crippen molar-refractivity contribution in [2.45, 2.75) is 40.3 Å². The van der Waals surface area contributed by atoms with Crippen molar-refractivity contribution in [3.8, 4) is 17.0 Å². The zero-order valence-corrected chi connectivity index (χ0v) is 16.1. The molecule has 0 atom stereocenters. The van der Waals surface area contributed by atoms with E-state index in [2.05, 4.69) is 16.3 Å². The van der Waals surface area contributed by atoms with E-state index in [1.165, 1.54) is 6.39 Å². The lowest BCUT2D eigenvalue weighted by molar-refractivity contribution is 0.242. The Bertz CT molecular complexity index is 991. The molecule has 6 heteroatoms. The monoisotopic (exact) mass is 364 g/mol. The lowest BCUT2D eigenvalue weighted by Crippen LogP contribution is -2.05. The predicted molar refractivity (Wildman–Crippen MR) is 106 cm³/mol. The second-order valence-corrected chi connectivity index (χ2v) is 6.05. The van der Waals surface area contributed by atoms with E-state index in [0.29, 0.717) is 12.4 Å². The van der Waals surface area contributed by atoms with Crippen molar-refractivity contribution >= 4 is 10.9 Å². The number of rotatable bonds is 5. The molecule has 0 saturated carbocycles. The van der Waals surface area contributed by atoms with E-state index in [1.807, 2.05) is 74.8 Å². The van der Waals surface area contributed by atoms with Crippen molar-refractivity contribution in [3.05, 3.63) is 60.8 Å². The van der Waals surface area contributed by atoms with E-state index < -0.39 is 0 Å². The average molecular weight is 364 g/mol. The topological polar surface area (TPSA) is 66.0 Å². The van der Waals surface area contributed by atoms with Gasteiger partial charge in [0.05, 0.1) is 11.6 Å². The lowest BCUT2D eigenvalue weighted by atomic mass is 10.1. The minimum Gasteiger partial charge on any atom is -0.491 e. The van der Waals surface area contributed by atoms with Crippen LogP contribution in [-0.4, -0.2) is 26.1 Å². The smallest absolute Gasteiger partial charge is 0.237 e. The molecule has 0 aliphatic heterocycles. The Labute approximate surface area is 158 Å². The van der Waals surface area contributed by atoms with Crippen molar-refractivity contribution in [1.82, 2.24) is 20.0 Å². The first-order chi connectivity index (χ1) is 13.2. The highest BCUT2D eigenvalue weighted by Crippen LogP contribution is 2.30. The molecule has 0 amide bonds. The number of hydrogen-bond donors (Lipinski definition) is 0. The Morgan fingerprint density at radius 3 is 2.63 bits per heavy atom. The summed E-state index contributed by atoms with van der Waals surface area (Å²) < 4.78 is 13.0. The zero-order valence-electron chi connectivity index (χ0n) is 16.1. The summed E-state index contributed by atoms with van der Waals surface area (Å²) in [6.07, 6.45) is 1.45. The maximum Gasteiger partial charge on any atom is 0.237 e. The van der Waals surface area contributed by atoms with Crippen LogP contribution in [0, 0.1) is 0 Å². The molecule has 2 heterocycles. The molecular weight excluding hydrogens is 340 g/mol. The van der Waals surface area contributed by atoms with Crippen molar-refractivity contribution in [2.24, 2.45) is 0 Å². The van der Waals surface area contributed by atoms with Crippen LogP contribution in [0.3, 0.4) is 0 Å². The van der Waals surface area contributed by atoms with Crippen molar-refractivity contribution in [1.29, 1.82) is 0 Å². The third kappa shape index (κ3) is 4.16. The SMILES string of the molecule is CC.CC(C)Oc1cccc(-c2nn(Cc3nnco3)c3ccccc23)c1. The second-order valence-electron chi connectivity index (χ2n) is 6.05. The normalized spacial score (nSPS) is 10.7. The summed E-state index contributed by atoms with van der Waals surface area (Å²) in [5, 5.41) is 13.5. The molecule has 140 valence electrons. The molecule has 4 rings (SSSR count). The largest absolute Gasteiger partial charge is 0.491 e. The van der Waals surface area contributed by atoms with Gasteiger partial charge in [0.15, 0.2) is 0 Å². The molecule has 0 fully saturated rings. The molecule has 0 N–H and O–H groups in total. The van der Waals surface area contributed by atoms with Gasteiger partial charge in [0.1, 0.15) is 18.0 Å². The number of aromatic nitrogens is 4. The fourth-order valence-corrected chi connectivity index (χ4v) is 2.84. The molecule has 27 heavy (non-hydrogen) atoms. The highest BCUT2D eigenvalue weighted by molar-refractivity contribution is 5.93. The van der Waals surface area contributed by atoms with Gasteiger partial charge in [-0.3, -0.25) is 4.68 Å². The highest BCUT2D eigenvalue weighted by Gasteiger charge is 2.14. The van der Waals surface area contributed by atoms with Crippen molar-refractivity contribution < 1.29 is 9.15 Å². The van der Waals surface area contributed by atoms with Gasteiger partial charge in [-0.25, -0.2) is 0 Å². The zero-order chi connectivity index (χ0) is 19.2. The maximum absolute atomic E-state index is 5.81. The summed E-state index contributed by atoms with van der Waals surface area (Å²) in [7, 11) is 0. The summed E-state index contributed by atoms with van der Waals surface area (Å²) in [4.78, 5) is 0. The second kappa shape index (κ2) is 8.49. The van der Waals surface area contributed by atoms with Gasteiger partial charge < -0.3 is 9.15 Å². The van der Waals surface area contributed by atoms with Crippen LogP contribution in [0.15, 0.2) is 59.3 Å². The molecule has 0 radical (unpaired) electrons. The number of nitrogens with zero attached hydrogens (tertiary/aromatic N) is 4. The van der Waals surface area contributed by atoms with Gasteiger partial charge in [-0.2, -0.15) is 5.10 Å². The quantitative estimate of drug-likeness (QED) is 0.501. The molecular formula is C21H24N4O2. The van der Waals surface area contributed by atoms with Crippen LogP contribution < -0.4 is 4.74 Å². The minimum atomic E-state index is 0.127. The van der Waals surface area contributed by atoms with E-state index in [9.17, 15) is 0 Å². The van der Waals surface area contributed by atoms with Crippen LogP contribution >= 0.6 is 0 Å². The minimum absolute atomic E-state index is 0.127. The third-order valence-corrected chi connectivity index (χ3v) is 3.83. The molecule has 6 nitrogen and oxygen atoms in total.